The molecule has 54 heavy (non-hydrogen) atoms. The fraction of sp³-hybridized carbons (Fsp3) is 0. The van der Waals surface area contributed by atoms with Gasteiger partial charge in [0.15, 0.2) is 17.5 Å². The van der Waals surface area contributed by atoms with Crippen molar-refractivity contribution in [2.75, 3.05) is 0 Å². The van der Waals surface area contributed by atoms with E-state index in [-0.39, 0.29) is 0 Å². The molecule has 0 fully saturated rings. The maximum absolute atomic E-state index is 6.65. The van der Waals surface area contributed by atoms with Crippen LogP contribution in [0.25, 0.3) is 105 Å². The largest absolute Gasteiger partial charge is 0.456 e. The molecule has 0 radical (unpaired) electrons. The number of para-hydroxylation sites is 2. The molecule has 0 aliphatic rings. The van der Waals surface area contributed by atoms with E-state index in [0.29, 0.717) is 17.5 Å². The summed E-state index contributed by atoms with van der Waals surface area (Å²) in [4.78, 5) is 15.0. The molecule has 0 atom stereocenters. The van der Waals surface area contributed by atoms with Gasteiger partial charge in [0.1, 0.15) is 11.2 Å². The molecule has 0 unspecified atom stereocenters. The lowest BCUT2D eigenvalue weighted by atomic mass is 9.97. The van der Waals surface area contributed by atoms with Crippen LogP contribution in [-0.4, -0.2) is 19.5 Å². The average Bonchev–Trinajstić information content (AvgIpc) is 3.80. The first kappa shape index (κ1) is 30.3. The molecule has 5 nitrogen and oxygen atoms in total. The summed E-state index contributed by atoms with van der Waals surface area (Å²) in [7, 11) is 0. The standard InChI is InChI=1S/C49H30N4O/c1-3-15-32(16-4-1)47-50-48(33-17-5-2-6-18-33)52-49(51-47)35-20-13-19-34(28-35)40-29-36(30-44-46(40)39-23-10-12-25-43(39)54-44)53-41-24-11-9-22-38(41)45-37-21-8-7-14-31(37)26-27-42(45)53/h1-30H. The van der Waals surface area contributed by atoms with E-state index in [4.69, 9.17) is 19.4 Å². The fourth-order valence-electron chi connectivity index (χ4n) is 7.98. The van der Waals surface area contributed by atoms with E-state index in [1.807, 2.05) is 72.8 Å². The molecule has 0 aliphatic carbocycles. The lowest BCUT2D eigenvalue weighted by Gasteiger charge is -2.13. The summed E-state index contributed by atoms with van der Waals surface area (Å²) in [5.74, 6) is 1.88. The van der Waals surface area contributed by atoms with Crippen molar-refractivity contribution < 1.29 is 4.42 Å². The number of nitrogens with zero attached hydrogens (tertiary/aromatic N) is 4. The van der Waals surface area contributed by atoms with E-state index in [1.54, 1.807) is 0 Å². The molecule has 5 heteroatoms. The molecule has 0 aliphatic heterocycles. The molecule has 0 saturated heterocycles. The van der Waals surface area contributed by atoms with Gasteiger partial charge in [-0.05, 0) is 52.2 Å². The Bertz CT molecular complexity index is 3160. The number of furan rings is 1. The lowest BCUT2D eigenvalue weighted by Crippen LogP contribution is -2.00. The van der Waals surface area contributed by atoms with Gasteiger partial charge in [-0.25, -0.2) is 15.0 Å². The van der Waals surface area contributed by atoms with Crippen LogP contribution in [-0.2, 0) is 0 Å². The molecular formula is C49H30N4O. The van der Waals surface area contributed by atoms with E-state index in [9.17, 15) is 0 Å². The van der Waals surface area contributed by atoms with Crippen molar-refractivity contribution in [2.24, 2.45) is 0 Å². The SMILES string of the molecule is c1ccc(-c2nc(-c3ccccc3)nc(-c3cccc(-c4cc(-n5c6ccccc6c6c7ccccc7ccc65)cc5oc6ccccc6c45)c3)n2)cc1. The molecule has 0 saturated carbocycles. The summed E-state index contributed by atoms with van der Waals surface area (Å²) in [5.41, 5.74) is 9.90. The number of hydrogen-bond acceptors (Lipinski definition) is 4. The van der Waals surface area contributed by atoms with Crippen LogP contribution in [0.4, 0.5) is 0 Å². The smallest absolute Gasteiger partial charge is 0.164 e. The van der Waals surface area contributed by atoms with E-state index < -0.39 is 0 Å². The highest BCUT2D eigenvalue weighted by Gasteiger charge is 2.20. The highest BCUT2D eigenvalue weighted by atomic mass is 16.3. The van der Waals surface area contributed by atoms with E-state index in [0.717, 1.165) is 66.5 Å². The third-order valence-corrected chi connectivity index (χ3v) is 10.4. The first-order valence-electron chi connectivity index (χ1n) is 18.1. The normalized spacial score (nSPS) is 11.7. The highest BCUT2D eigenvalue weighted by molar-refractivity contribution is 6.21. The van der Waals surface area contributed by atoms with Gasteiger partial charge in [0.2, 0.25) is 0 Å². The van der Waals surface area contributed by atoms with E-state index in [1.165, 1.54) is 21.5 Å². The third kappa shape index (κ3) is 4.83. The molecule has 252 valence electrons. The molecule has 0 spiro atoms. The number of fused-ring (bicyclic) bond motifs is 8. The Kier molecular flexibility index (Phi) is 6.79. The topological polar surface area (TPSA) is 56.7 Å². The van der Waals surface area contributed by atoms with Crippen molar-refractivity contribution >= 4 is 54.5 Å². The van der Waals surface area contributed by atoms with Crippen LogP contribution in [0.1, 0.15) is 0 Å². The number of rotatable bonds is 5. The zero-order chi connectivity index (χ0) is 35.6. The van der Waals surface area contributed by atoms with Crippen molar-refractivity contribution in [3.05, 3.63) is 182 Å². The van der Waals surface area contributed by atoms with Gasteiger partial charge < -0.3 is 8.98 Å². The minimum atomic E-state index is 0.614. The van der Waals surface area contributed by atoms with Crippen molar-refractivity contribution in [3.8, 4) is 51.0 Å². The van der Waals surface area contributed by atoms with Crippen molar-refractivity contribution in [1.29, 1.82) is 0 Å². The maximum atomic E-state index is 6.65. The summed E-state index contributed by atoms with van der Waals surface area (Å²) < 4.78 is 9.02. The van der Waals surface area contributed by atoms with Crippen LogP contribution in [0.5, 0.6) is 0 Å². The fourth-order valence-corrected chi connectivity index (χ4v) is 7.98. The second-order valence-corrected chi connectivity index (χ2v) is 13.6. The van der Waals surface area contributed by atoms with Gasteiger partial charge in [0.05, 0.1) is 16.7 Å². The van der Waals surface area contributed by atoms with Gasteiger partial charge >= 0.3 is 0 Å². The van der Waals surface area contributed by atoms with E-state index in [2.05, 4.69) is 114 Å². The average molecular weight is 691 g/mol. The molecule has 11 rings (SSSR count). The summed E-state index contributed by atoms with van der Waals surface area (Å²) >= 11 is 0. The Labute approximate surface area is 310 Å². The Morgan fingerprint density at radius 3 is 1.72 bits per heavy atom. The maximum Gasteiger partial charge on any atom is 0.164 e. The zero-order valence-electron chi connectivity index (χ0n) is 29.0. The van der Waals surface area contributed by atoms with Crippen LogP contribution < -0.4 is 0 Å². The Hall–Kier alpha value is -7.37. The van der Waals surface area contributed by atoms with E-state index >= 15 is 0 Å². The highest BCUT2D eigenvalue weighted by Crippen LogP contribution is 2.42. The second kappa shape index (κ2) is 12.1. The van der Waals surface area contributed by atoms with Gasteiger partial charge in [-0.15, -0.1) is 0 Å². The first-order valence-corrected chi connectivity index (χ1v) is 18.1. The van der Waals surface area contributed by atoms with Crippen LogP contribution in [0.15, 0.2) is 186 Å². The summed E-state index contributed by atoms with van der Waals surface area (Å²) in [6.07, 6.45) is 0. The quantitative estimate of drug-likeness (QED) is 0.180. The molecule has 0 bridgehead atoms. The minimum Gasteiger partial charge on any atom is -0.456 e. The summed E-state index contributed by atoms with van der Waals surface area (Å²) in [6.45, 7) is 0. The molecular weight excluding hydrogens is 661 g/mol. The summed E-state index contributed by atoms with van der Waals surface area (Å²) in [5, 5.41) is 7.08. The van der Waals surface area contributed by atoms with Crippen molar-refractivity contribution in [1.82, 2.24) is 19.5 Å². The van der Waals surface area contributed by atoms with Gasteiger partial charge in [-0.1, -0.05) is 146 Å². The van der Waals surface area contributed by atoms with Crippen LogP contribution >= 0.6 is 0 Å². The third-order valence-electron chi connectivity index (χ3n) is 10.4. The Morgan fingerprint density at radius 1 is 0.370 bits per heavy atom. The number of hydrogen-bond donors (Lipinski definition) is 0. The Balaban J connectivity index is 1.16. The number of benzene rings is 8. The zero-order valence-corrected chi connectivity index (χ0v) is 29.0. The Morgan fingerprint density at radius 2 is 0.963 bits per heavy atom. The summed E-state index contributed by atoms with van der Waals surface area (Å²) in [6, 6.07) is 63.3. The van der Waals surface area contributed by atoms with Crippen molar-refractivity contribution in [3.63, 3.8) is 0 Å². The second-order valence-electron chi connectivity index (χ2n) is 13.6. The number of aromatic nitrogens is 4. The predicted octanol–water partition coefficient (Wildman–Crippen LogP) is 12.7. The molecule has 3 aromatic heterocycles. The molecule has 0 amide bonds. The molecule has 8 aromatic carbocycles. The van der Waals surface area contributed by atoms with Gasteiger partial charge in [0.25, 0.3) is 0 Å². The van der Waals surface area contributed by atoms with Gasteiger partial charge in [0, 0.05) is 44.3 Å². The van der Waals surface area contributed by atoms with Crippen LogP contribution in [0.2, 0.25) is 0 Å². The molecule has 11 aromatic rings. The molecule has 0 N–H and O–H groups in total. The lowest BCUT2D eigenvalue weighted by molar-refractivity contribution is 0.668. The predicted molar refractivity (Wildman–Crippen MR) is 221 cm³/mol. The minimum absolute atomic E-state index is 0.614. The van der Waals surface area contributed by atoms with Crippen LogP contribution in [0.3, 0.4) is 0 Å². The van der Waals surface area contributed by atoms with Gasteiger partial charge in [-0.2, -0.15) is 0 Å². The van der Waals surface area contributed by atoms with Gasteiger partial charge in [-0.3, -0.25) is 0 Å². The first-order chi connectivity index (χ1) is 26.8. The van der Waals surface area contributed by atoms with Crippen LogP contribution in [0, 0.1) is 0 Å². The van der Waals surface area contributed by atoms with Crippen molar-refractivity contribution in [2.45, 2.75) is 0 Å². The monoisotopic (exact) mass is 690 g/mol. The molecule has 3 heterocycles.